The summed E-state index contributed by atoms with van der Waals surface area (Å²) in [6.07, 6.45) is -4.24. The number of benzene rings is 2. The van der Waals surface area contributed by atoms with Crippen LogP contribution in [0.15, 0.2) is 48.5 Å². The summed E-state index contributed by atoms with van der Waals surface area (Å²) >= 11 is 0. The van der Waals surface area contributed by atoms with Gasteiger partial charge in [-0.25, -0.2) is 9.78 Å². The number of likely N-dealkylation sites (N-methyl/N-ethyl adjacent to an activating group) is 1. The summed E-state index contributed by atoms with van der Waals surface area (Å²) in [5, 5.41) is 4.76. The lowest BCUT2D eigenvalue weighted by molar-refractivity contribution is -0.137. The molecule has 2 heterocycles. The molecule has 0 unspecified atom stereocenters. The lowest BCUT2D eigenvalue weighted by Crippen LogP contribution is -2.47. The van der Waals surface area contributed by atoms with Crippen molar-refractivity contribution in [2.75, 3.05) is 43.9 Å². The molecule has 0 spiro atoms. The van der Waals surface area contributed by atoms with Gasteiger partial charge in [-0.05, 0) is 49.0 Å². The minimum Gasteiger partial charge on any atom is -0.364 e. The Bertz CT molecular complexity index is 1310. The summed E-state index contributed by atoms with van der Waals surface area (Å²) in [6.45, 7) is 2.98. The van der Waals surface area contributed by atoms with Crippen LogP contribution in [-0.4, -0.2) is 70.8 Å². The monoisotopic (exact) mass is 529 g/mol. The molecular formula is C25H26F3N7O3. The number of nitrogens with one attached hydrogen (secondary N) is 3. The third-order valence-electron chi connectivity index (χ3n) is 6.06. The Morgan fingerprint density at radius 2 is 1.61 bits per heavy atom. The zero-order valence-electron chi connectivity index (χ0n) is 20.4. The standard InChI is InChI=1S/C25H26F3N7O3/c1-34-10-12-35(13-11-34)23(37)16-4-2-15(3-5-16)14-19-31-20(21(29)36)22(32-19)33-24(38)30-18-8-6-17(7-9-18)25(26,27)28/h2-9H,10-14H2,1H3,(H2,29,36)(H,31,32)(H2,30,33,38). The molecule has 38 heavy (non-hydrogen) atoms. The largest absolute Gasteiger partial charge is 0.416 e. The number of anilines is 2. The Hall–Kier alpha value is -4.39. The molecule has 0 atom stereocenters. The van der Waals surface area contributed by atoms with Crippen LogP contribution in [0.5, 0.6) is 0 Å². The molecule has 1 aliphatic rings. The summed E-state index contributed by atoms with van der Waals surface area (Å²) in [5.41, 5.74) is 5.89. The molecule has 2 aromatic carbocycles. The van der Waals surface area contributed by atoms with Crippen LogP contribution in [0.4, 0.5) is 29.5 Å². The Morgan fingerprint density at radius 3 is 2.18 bits per heavy atom. The van der Waals surface area contributed by atoms with Crippen LogP contribution in [0.25, 0.3) is 0 Å². The Morgan fingerprint density at radius 1 is 0.974 bits per heavy atom. The summed E-state index contributed by atoms with van der Waals surface area (Å²) in [7, 11) is 2.02. The number of hydrogen-bond donors (Lipinski definition) is 4. The molecule has 0 radical (unpaired) electrons. The number of piperazine rings is 1. The second-order valence-corrected chi connectivity index (χ2v) is 8.89. The van der Waals surface area contributed by atoms with E-state index in [0.717, 1.165) is 42.9 Å². The van der Waals surface area contributed by atoms with E-state index < -0.39 is 23.7 Å². The van der Waals surface area contributed by atoms with E-state index in [9.17, 15) is 27.6 Å². The number of H-pyrrole nitrogens is 1. The van der Waals surface area contributed by atoms with Gasteiger partial charge in [0.25, 0.3) is 11.8 Å². The van der Waals surface area contributed by atoms with E-state index in [1.54, 1.807) is 24.3 Å². The van der Waals surface area contributed by atoms with Crippen molar-refractivity contribution in [1.29, 1.82) is 0 Å². The number of nitrogens with zero attached hydrogens (tertiary/aromatic N) is 3. The van der Waals surface area contributed by atoms with E-state index >= 15 is 0 Å². The molecule has 4 amide bonds. The van der Waals surface area contributed by atoms with Crippen molar-refractivity contribution in [2.45, 2.75) is 12.6 Å². The SMILES string of the molecule is CN1CCN(C(=O)c2ccc(Cc3nc(NC(=O)Nc4ccc(C(F)(F)F)cc4)c(C(N)=O)[nH]3)cc2)CC1. The second kappa shape index (κ2) is 10.9. The number of nitrogens with two attached hydrogens (primary N) is 1. The van der Waals surface area contributed by atoms with Crippen molar-refractivity contribution in [3.63, 3.8) is 0 Å². The molecule has 0 saturated carbocycles. The normalized spacial score (nSPS) is 14.3. The number of halogens is 3. The minimum absolute atomic E-state index is 0.0378. The molecular weight excluding hydrogens is 503 g/mol. The number of carbonyl (C=O) groups excluding carboxylic acids is 3. The molecule has 4 rings (SSSR count). The summed E-state index contributed by atoms with van der Waals surface area (Å²) in [5.74, 6) is -0.688. The molecule has 1 saturated heterocycles. The zero-order valence-corrected chi connectivity index (χ0v) is 20.4. The van der Waals surface area contributed by atoms with Crippen LogP contribution in [0.2, 0.25) is 0 Å². The number of imidazole rings is 1. The van der Waals surface area contributed by atoms with Crippen molar-refractivity contribution >= 4 is 29.4 Å². The number of alkyl halides is 3. The molecule has 1 aliphatic heterocycles. The van der Waals surface area contributed by atoms with E-state index in [4.69, 9.17) is 5.73 Å². The van der Waals surface area contributed by atoms with Gasteiger partial charge in [0.15, 0.2) is 5.82 Å². The Kier molecular flexibility index (Phi) is 7.67. The topological polar surface area (TPSA) is 136 Å². The minimum atomic E-state index is -4.50. The molecule has 10 nitrogen and oxygen atoms in total. The van der Waals surface area contributed by atoms with Crippen LogP contribution < -0.4 is 16.4 Å². The fourth-order valence-electron chi connectivity index (χ4n) is 3.94. The van der Waals surface area contributed by atoms with Crippen molar-refractivity contribution in [1.82, 2.24) is 19.8 Å². The average Bonchev–Trinajstić information content (AvgIpc) is 3.26. The van der Waals surface area contributed by atoms with Gasteiger partial charge in [0.2, 0.25) is 0 Å². The molecule has 3 aromatic rings. The van der Waals surface area contributed by atoms with Crippen LogP contribution in [-0.2, 0) is 12.6 Å². The van der Waals surface area contributed by atoms with Crippen LogP contribution in [0.3, 0.4) is 0 Å². The van der Waals surface area contributed by atoms with E-state index in [-0.39, 0.29) is 29.5 Å². The summed E-state index contributed by atoms with van der Waals surface area (Å²) < 4.78 is 38.2. The molecule has 0 aliphatic carbocycles. The smallest absolute Gasteiger partial charge is 0.364 e. The highest BCUT2D eigenvalue weighted by Gasteiger charge is 2.30. The number of hydrogen-bond acceptors (Lipinski definition) is 5. The maximum absolute atomic E-state index is 12.7. The first-order valence-electron chi connectivity index (χ1n) is 11.7. The van der Waals surface area contributed by atoms with Crippen LogP contribution >= 0.6 is 0 Å². The maximum atomic E-state index is 12.7. The lowest BCUT2D eigenvalue weighted by atomic mass is 10.1. The summed E-state index contributed by atoms with van der Waals surface area (Å²) in [6, 6.07) is 10.1. The van der Waals surface area contributed by atoms with Gasteiger partial charge in [-0.2, -0.15) is 13.2 Å². The Balaban J connectivity index is 1.40. The number of rotatable bonds is 6. The van der Waals surface area contributed by atoms with Gasteiger partial charge >= 0.3 is 12.2 Å². The third kappa shape index (κ3) is 6.48. The van der Waals surface area contributed by atoms with E-state index in [2.05, 4.69) is 25.5 Å². The molecule has 13 heteroatoms. The molecule has 5 N–H and O–H groups in total. The lowest BCUT2D eigenvalue weighted by Gasteiger charge is -2.32. The fraction of sp³-hybridized carbons (Fsp3) is 0.280. The van der Waals surface area contributed by atoms with E-state index in [0.29, 0.717) is 24.5 Å². The van der Waals surface area contributed by atoms with Crippen molar-refractivity contribution in [3.05, 3.63) is 76.7 Å². The predicted molar refractivity (Wildman–Crippen MR) is 134 cm³/mol. The van der Waals surface area contributed by atoms with E-state index in [1.165, 1.54) is 0 Å². The van der Waals surface area contributed by atoms with Gasteiger partial charge in [-0.15, -0.1) is 0 Å². The van der Waals surface area contributed by atoms with Gasteiger partial charge in [0.05, 0.1) is 5.56 Å². The third-order valence-corrected chi connectivity index (χ3v) is 6.06. The predicted octanol–water partition coefficient (Wildman–Crippen LogP) is 3.15. The van der Waals surface area contributed by atoms with Crippen molar-refractivity contribution in [2.24, 2.45) is 5.73 Å². The first-order chi connectivity index (χ1) is 18.0. The highest BCUT2D eigenvalue weighted by atomic mass is 19.4. The van der Waals surface area contributed by atoms with Gasteiger partial charge in [0.1, 0.15) is 11.5 Å². The van der Waals surface area contributed by atoms with Crippen molar-refractivity contribution < 1.29 is 27.6 Å². The number of urea groups is 1. The number of carbonyl (C=O) groups is 3. The first kappa shape index (κ1) is 26.7. The van der Waals surface area contributed by atoms with Gasteiger partial charge in [-0.3, -0.25) is 14.9 Å². The molecule has 1 aromatic heterocycles. The average molecular weight is 530 g/mol. The van der Waals surface area contributed by atoms with E-state index in [1.807, 2.05) is 11.9 Å². The van der Waals surface area contributed by atoms with Crippen LogP contribution in [0, 0.1) is 0 Å². The molecule has 0 bridgehead atoms. The second-order valence-electron chi connectivity index (χ2n) is 8.89. The molecule has 1 fully saturated rings. The Labute approximate surface area is 216 Å². The van der Waals surface area contributed by atoms with Gasteiger partial charge in [-0.1, -0.05) is 12.1 Å². The van der Waals surface area contributed by atoms with Gasteiger partial charge in [0, 0.05) is 43.9 Å². The first-order valence-corrected chi connectivity index (χ1v) is 11.7. The highest BCUT2D eigenvalue weighted by Crippen LogP contribution is 2.29. The fourth-order valence-corrected chi connectivity index (χ4v) is 3.94. The number of amides is 4. The highest BCUT2D eigenvalue weighted by molar-refractivity contribution is 6.04. The number of aromatic nitrogens is 2. The zero-order chi connectivity index (χ0) is 27.4. The quantitative estimate of drug-likeness (QED) is 0.389. The molecule has 200 valence electrons. The number of aromatic amines is 1. The maximum Gasteiger partial charge on any atom is 0.416 e. The van der Waals surface area contributed by atoms with Crippen molar-refractivity contribution in [3.8, 4) is 0 Å². The number of primary amides is 1. The van der Waals surface area contributed by atoms with Crippen LogP contribution in [0.1, 0.15) is 37.8 Å². The van der Waals surface area contributed by atoms with Gasteiger partial charge < -0.3 is 25.8 Å². The summed E-state index contributed by atoms with van der Waals surface area (Å²) in [4.78, 5) is 48.0.